The minimum Gasteiger partial charge on any atom is -0.598 e. The Balaban J connectivity index is 1.68. The molecule has 2 aromatic rings. The third kappa shape index (κ3) is 6.57. The Morgan fingerprint density at radius 1 is 1.23 bits per heavy atom. The number of rotatable bonds is 5. The van der Waals surface area contributed by atoms with Crippen LogP contribution in [0.2, 0.25) is 0 Å². The van der Waals surface area contributed by atoms with Gasteiger partial charge in [0.15, 0.2) is 5.88 Å². The molecule has 3 N–H and O–H groups in total. The monoisotopic (exact) mass is 612 g/mol. The first-order chi connectivity index (χ1) is 20.1. The zero-order valence-corrected chi connectivity index (χ0v) is 27.1. The zero-order chi connectivity index (χ0) is 31.4. The number of carbonyl (C=O) groups is 1. The number of hydrogen-bond acceptors (Lipinski definition) is 7. The van der Waals surface area contributed by atoms with Gasteiger partial charge in [-0.25, -0.2) is 4.39 Å². The third-order valence-corrected chi connectivity index (χ3v) is 10.3. The predicted molar refractivity (Wildman–Crippen MR) is 167 cm³/mol. The summed E-state index contributed by atoms with van der Waals surface area (Å²) < 4.78 is 38.6. The van der Waals surface area contributed by atoms with Gasteiger partial charge in [-0.1, -0.05) is 19.1 Å². The van der Waals surface area contributed by atoms with E-state index in [2.05, 4.69) is 10.0 Å². The number of aromatic nitrogens is 1. The average Bonchev–Trinajstić information content (AvgIpc) is 3.62. The molecule has 1 aliphatic carbocycles. The standard InChI is InChI=1S/C33H45FN4O4S/c1-8-32(40)19-26-28(39)36-25-18-22(12-13-24(25)34)33(27-11-9-10-16-35-27,37-43(41)31(5,6)7)15-14-21-17-23(21)29(38(26)20-32)42-30(2,3)4/h9-13,16,18,21,26,37,40H,8,14-15,17,19-20H2,1-7H3,(H,36,39)/b29-23-/t21?,26-,32?,33?,43?/m1/s1. The first-order valence-electron chi connectivity index (χ1n) is 15.2. The van der Waals surface area contributed by atoms with Gasteiger partial charge in [-0.15, -0.1) is 4.72 Å². The second-order valence-corrected chi connectivity index (χ2v) is 16.2. The molecular formula is C33H45FN4O4S. The van der Waals surface area contributed by atoms with Crippen LogP contribution in [0.15, 0.2) is 54.1 Å². The Hall–Kier alpha value is -2.66. The van der Waals surface area contributed by atoms with Gasteiger partial charge in [0.05, 0.1) is 23.5 Å². The number of hydrogen-bond donors (Lipinski definition) is 3. The summed E-state index contributed by atoms with van der Waals surface area (Å²) in [6.45, 7) is 13.8. The van der Waals surface area contributed by atoms with Crippen LogP contribution in [-0.4, -0.2) is 54.0 Å². The second kappa shape index (κ2) is 11.4. The largest absolute Gasteiger partial charge is 0.598 e. The van der Waals surface area contributed by atoms with E-state index >= 15 is 4.39 Å². The van der Waals surface area contributed by atoms with Gasteiger partial charge >= 0.3 is 0 Å². The van der Waals surface area contributed by atoms with Gasteiger partial charge in [0.2, 0.25) is 5.91 Å². The van der Waals surface area contributed by atoms with Crippen molar-refractivity contribution in [3.63, 3.8) is 0 Å². The van der Waals surface area contributed by atoms with E-state index in [1.54, 1.807) is 18.3 Å². The van der Waals surface area contributed by atoms with Gasteiger partial charge in [0.1, 0.15) is 27.7 Å². The molecule has 0 radical (unpaired) electrons. The number of nitrogens with zero attached hydrogens (tertiary/aromatic N) is 2. The van der Waals surface area contributed by atoms with Crippen molar-refractivity contribution < 1.29 is 23.6 Å². The van der Waals surface area contributed by atoms with Crippen molar-refractivity contribution in [3.8, 4) is 0 Å². The fraction of sp³-hybridized carbons (Fsp3) is 0.576. The first kappa shape index (κ1) is 31.8. The molecule has 2 bridgehead atoms. The molecule has 8 nitrogen and oxygen atoms in total. The number of benzene rings is 1. The van der Waals surface area contributed by atoms with E-state index in [-0.39, 0.29) is 24.6 Å². The van der Waals surface area contributed by atoms with Crippen molar-refractivity contribution in [2.24, 2.45) is 5.92 Å². The second-order valence-electron chi connectivity index (χ2n) is 14.2. The molecule has 0 spiro atoms. The maximum Gasteiger partial charge on any atom is 0.247 e. The molecule has 2 aliphatic heterocycles. The Bertz CT molecular complexity index is 1390. The summed E-state index contributed by atoms with van der Waals surface area (Å²) in [5.74, 6) is -0.211. The molecule has 1 saturated heterocycles. The molecule has 5 rings (SSSR count). The van der Waals surface area contributed by atoms with Crippen molar-refractivity contribution in [1.82, 2.24) is 14.6 Å². The number of pyridine rings is 1. The Kier molecular flexibility index (Phi) is 8.39. The molecule has 1 saturated carbocycles. The van der Waals surface area contributed by atoms with E-state index in [0.717, 1.165) is 12.0 Å². The number of nitrogens with one attached hydrogen (secondary N) is 2. The minimum absolute atomic E-state index is 0.0217. The molecule has 2 fully saturated rings. The summed E-state index contributed by atoms with van der Waals surface area (Å²) >= 11 is -1.50. The predicted octanol–water partition coefficient (Wildman–Crippen LogP) is 5.51. The summed E-state index contributed by atoms with van der Waals surface area (Å²) in [4.78, 5) is 20.5. The van der Waals surface area contributed by atoms with E-state index in [1.807, 2.05) is 71.6 Å². The van der Waals surface area contributed by atoms with Crippen molar-refractivity contribution in [2.75, 3.05) is 11.9 Å². The van der Waals surface area contributed by atoms with Crippen LogP contribution in [0.3, 0.4) is 0 Å². The number of anilines is 1. The van der Waals surface area contributed by atoms with Crippen LogP contribution >= 0.6 is 0 Å². The van der Waals surface area contributed by atoms with Gasteiger partial charge in [-0.2, -0.15) is 0 Å². The number of ether oxygens (including phenoxy) is 1. The van der Waals surface area contributed by atoms with Gasteiger partial charge in [0, 0.05) is 24.0 Å². The van der Waals surface area contributed by atoms with E-state index < -0.39 is 50.6 Å². The molecule has 10 heteroatoms. The Labute approximate surface area is 257 Å². The Morgan fingerprint density at radius 2 is 1.98 bits per heavy atom. The molecule has 4 unspecified atom stereocenters. The highest BCUT2D eigenvalue weighted by Gasteiger charge is 2.51. The quantitative estimate of drug-likeness (QED) is 0.382. The minimum atomic E-state index is -1.50. The van der Waals surface area contributed by atoms with Crippen molar-refractivity contribution >= 4 is 23.0 Å². The topological polar surface area (TPSA) is 110 Å². The first-order valence-corrected chi connectivity index (χ1v) is 16.3. The van der Waals surface area contributed by atoms with Gasteiger partial charge < -0.3 is 24.6 Å². The molecule has 3 heterocycles. The number of fused-ring (bicyclic) bond motifs is 4. The van der Waals surface area contributed by atoms with Crippen LogP contribution < -0.4 is 10.0 Å². The molecule has 1 amide bonds. The number of carbonyl (C=O) groups excluding carboxylic acids is 1. The number of aliphatic hydroxyl groups is 1. The molecule has 43 heavy (non-hydrogen) atoms. The van der Waals surface area contributed by atoms with Crippen LogP contribution in [0, 0.1) is 11.7 Å². The molecule has 1 aromatic carbocycles. The number of halogens is 1. The molecular weight excluding hydrogens is 567 g/mol. The fourth-order valence-electron chi connectivity index (χ4n) is 6.01. The van der Waals surface area contributed by atoms with E-state index in [1.165, 1.54) is 6.07 Å². The van der Waals surface area contributed by atoms with Gasteiger partial charge in [-0.05, 0) is 109 Å². The van der Waals surface area contributed by atoms with E-state index in [0.29, 0.717) is 36.4 Å². The lowest BCUT2D eigenvalue weighted by Gasteiger charge is -2.38. The van der Waals surface area contributed by atoms with Crippen molar-refractivity contribution in [2.45, 2.75) is 108 Å². The highest BCUT2D eigenvalue weighted by Crippen LogP contribution is 2.50. The molecule has 5 atom stereocenters. The van der Waals surface area contributed by atoms with Crippen LogP contribution in [0.4, 0.5) is 10.1 Å². The molecule has 234 valence electrons. The molecule has 1 aromatic heterocycles. The normalized spacial score (nSPS) is 30.3. The maximum atomic E-state index is 15.4. The van der Waals surface area contributed by atoms with Gasteiger partial charge in [-0.3, -0.25) is 9.78 Å². The van der Waals surface area contributed by atoms with Crippen molar-refractivity contribution in [1.29, 1.82) is 0 Å². The average molecular weight is 613 g/mol. The Morgan fingerprint density at radius 3 is 2.60 bits per heavy atom. The number of amides is 1. The van der Waals surface area contributed by atoms with E-state index in [4.69, 9.17) is 9.72 Å². The summed E-state index contributed by atoms with van der Waals surface area (Å²) in [6, 6.07) is 9.52. The lowest BCUT2D eigenvalue weighted by atomic mass is 9.82. The highest BCUT2D eigenvalue weighted by atomic mass is 32.2. The third-order valence-electron chi connectivity index (χ3n) is 8.62. The van der Waals surface area contributed by atoms with Gasteiger partial charge in [0.25, 0.3) is 0 Å². The summed E-state index contributed by atoms with van der Waals surface area (Å²) in [7, 11) is 0. The lowest BCUT2D eigenvalue weighted by Crippen LogP contribution is -2.52. The smallest absolute Gasteiger partial charge is 0.247 e. The SMILES string of the molecule is CCC1(O)C[C@@H]2C(=O)Nc3cc(ccc3F)C(N[S+]([O-])C(C)(C)C)(c3ccccn3)CCC3C/C3=C(/OC(C)(C)C)N2C1. The van der Waals surface area contributed by atoms with Crippen LogP contribution in [0.25, 0.3) is 0 Å². The lowest BCUT2D eigenvalue weighted by molar-refractivity contribution is -0.121. The zero-order valence-electron chi connectivity index (χ0n) is 26.3. The molecule has 3 aliphatic rings. The summed E-state index contributed by atoms with van der Waals surface area (Å²) in [5.41, 5.74) is -0.212. The number of allylic oxidation sites excluding steroid dienone is 1. The fourth-order valence-corrected chi connectivity index (χ4v) is 6.96. The highest BCUT2D eigenvalue weighted by molar-refractivity contribution is 7.90. The summed E-state index contributed by atoms with van der Waals surface area (Å²) in [6.07, 6.45) is 4.40. The van der Waals surface area contributed by atoms with Crippen LogP contribution in [0.5, 0.6) is 0 Å². The van der Waals surface area contributed by atoms with Crippen LogP contribution in [0.1, 0.15) is 91.8 Å². The van der Waals surface area contributed by atoms with E-state index in [9.17, 15) is 14.5 Å². The van der Waals surface area contributed by atoms with Crippen LogP contribution in [-0.2, 0) is 26.4 Å². The maximum absolute atomic E-state index is 15.4. The van der Waals surface area contributed by atoms with Crippen molar-refractivity contribution in [3.05, 3.63) is 71.1 Å². The summed E-state index contributed by atoms with van der Waals surface area (Å²) in [5, 5.41) is 14.2.